The molecule has 2 aliphatic rings. The summed E-state index contributed by atoms with van der Waals surface area (Å²) in [5, 5.41) is 0. The van der Waals surface area contributed by atoms with E-state index in [1.165, 1.54) is 19.3 Å². The van der Waals surface area contributed by atoms with Crippen LogP contribution in [0.3, 0.4) is 0 Å². The predicted octanol–water partition coefficient (Wildman–Crippen LogP) is 1.19. The zero-order chi connectivity index (χ0) is 6.43. The van der Waals surface area contributed by atoms with Gasteiger partial charge in [-0.25, -0.2) is 0 Å². The minimum Gasteiger partial charge on any atom is -0.339 e. The third-order valence-corrected chi connectivity index (χ3v) is 3.16. The zero-order valence-corrected chi connectivity index (χ0v) is 9.13. The van der Waals surface area contributed by atoms with Gasteiger partial charge in [-0.05, 0) is 24.8 Å². The first-order chi connectivity index (χ1) is 4.29. The van der Waals surface area contributed by atoms with Gasteiger partial charge in [0.15, 0.2) is 0 Å². The van der Waals surface area contributed by atoms with Crippen LogP contribution in [0.15, 0.2) is 0 Å². The molecule has 4 atom stereocenters. The van der Waals surface area contributed by atoms with Crippen molar-refractivity contribution in [1.29, 1.82) is 0 Å². The smallest absolute Gasteiger partial charge is 0 e. The van der Waals surface area contributed by atoms with Crippen LogP contribution in [0.25, 0.3) is 0 Å². The quantitative estimate of drug-likeness (QED) is 0.601. The number of hydrogen-bond acceptors (Lipinski definition) is 1. The second-order valence-corrected chi connectivity index (χ2v) is 3.57. The van der Waals surface area contributed by atoms with Gasteiger partial charge in [0, 0.05) is 32.7 Å². The van der Waals surface area contributed by atoms with Crippen LogP contribution in [-0.2, 0) is 32.7 Å². The normalized spacial score (nSPS) is 51.0. The SMILES string of the molecule is [CH2-]C1C2CCC(C2)C1N.[Y]. The Bertz CT molecular complexity index is 108. The monoisotopic (exact) mass is 213 g/mol. The van der Waals surface area contributed by atoms with Crippen molar-refractivity contribution in [2.75, 3.05) is 0 Å². The molecule has 0 aromatic rings. The van der Waals surface area contributed by atoms with Crippen LogP contribution in [0.1, 0.15) is 19.3 Å². The average Bonchev–Trinajstić information content (AvgIpc) is 2.37. The Morgan fingerprint density at radius 2 is 1.80 bits per heavy atom. The summed E-state index contributed by atoms with van der Waals surface area (Å²) < 4.78 is 0. The molecule has 4 unspecified atom stereocenters. The molecule has 55 valence electrons. The molecule has 2 N–H and O–H groups in total. The largest absolute Gasteiger partial charge is 0.339 e. The molecule has 0 aromatic heterocycles. The van der Waals surface area contributed by atoms with Crippen LogP contribution in [-0.4, -0.2) is 6.04 Å². The first-order valence-corrected chi connectivity index (χ1v) is 3.87. The molecule has 2 bridgehead atoms. The molecule has 0 aliphatic heterocycles. The summed E-state index contributed by atoms with van der Waals surface area (Å²) in [7, 11) is 0. The number of hydrogen-bond donors (Lipinski definition) is 1. The standard InChI is InChI=1S/C8H14N.Y/c1-5-6-2-3-7(4-6)8(5)9;/h5-8H,1-4,9H2;/q-1;. The molecular formula is C8H14NY-. The number of nitrogens with two attached hydrogens (primary N) is 1. The summed E-state index contributed by atoms with van der Waals surface area (Å²) in [6.07, 6.45) is 4.14. The maximum absolute atomic E-state index is 5.90. The topological polar surface area (TPSA) is 26.0 Å². The minimum absolute atomic E-state index is 0. The van der Waals surface area contributed by atoms with Gasteiger partial charge in [0.2, 0.25) is 0 Å². The van der Waals surface area contributed by atoms with E-state index >= 15 is 0 Å². The van der Waals surface area contributed by atoms with E-state index in [4.69, 9.17) is 5.73 Å². The van der Waals surface area contributed by atoms with Crippen LogP contribution in [0.4, 0.5) is 0 Å². The third-order valence-electron chi connectivity index (χ3n) is 3.16. The predicted molar refractivity (Wildman–Crippen MR) is 37.7 cm³/mol. The molecule has 0 amide bonds. The van der Waals surface area contributed by atoms with Gasteiger partial charge in [-0.1, -0.05) is 12.3 Å². The van der Waals surface area contributed by atoms with Gasteiger partial charge < -0.3 is 12.7 Å². The Morgan fingerprint density at radius 3 is 2.10 bits per heavy atom. The van der Waals surface area contributed by atoms with Crippen molar-refractivity contribution < 1.29 is 32.7 Å². The van der Waals surface area contributed by atoms with Crippen molar-refractivity contribution >= 4 is 0 Å². The van der Waals surface area contributed by atoms with Crippen molar-refractivity contribution in [3.63, 3.8) is 0 Å². The third kappa shape index (κ3) is 1.21. The van der Waals surface area contributed by atoms with Gasteiger partial charge in [-0.3, -0.25) is 0 Å². The van der Waals surface area contributed by atoms with E-state index in [-0.39, 0.29) is 32.7 Å². The molecule has 2 rings (SSSR count). The van der Waals surface area contributed by atoms with E-state index < -0.39 is 0 Å². The van der Waals surface area contributed by atoms with E-state index in [1.807, 2.05) is 0 Å². The van der Waals surface area contributed by atoms with Gasteiger partial charge in [0.1, 0.15) is 0 Å². The van der Waals surface area contributed by atoms with Crippen LogP contribution < -0.4 is 5.73 Å². The molecule has 10 heavy (non-hydrogen) atoms. The van der Waals surface area contributed by atoms with Crippen molar-refractivity contribution in [2.45, 2.75) is 25.3 Å². The molecule has 2 saturated carbocycles. The second kappa shape index (κ2) is 3.20. The summed E-state index contributed by atoms with van der Waals surface area (Å²) in [4.78, 5) is 0. The van der Waals surface area contributed by atoms with E-state index in [0.29, 0.717) is 12.0 Å². The molecule has 0 aromatic carbocycles. The van der Waals surface area contributed by atoms with Gasteiger partial charge >= 0.3 is 0 Å². The maximum Gasteiger partial charge on any atom is 0 e. The van der Waals surface area contributed by atoms with Gasteiger partial charge in [0.05, 0.1) is 0 Å². The minimum atomic E-state index is 0. The van der Waals surface area contributed by atoms with Crippen LogP contribution in [0.2, 0.25) is 0 Å². The van der Waals surface area contributed by atoms with E-state index in [2.05, 4.69) is 6.92 Å². The Balaban J connectivity index is 0.000000500. The fourth-order valence-corrected chi connectivity index (χ4v) is 2.46. The van der Waals surface area contributed by atoms with Crippen LogP contribution >= 0.6 is 0 Å². The molecule has 2 aliphatic carbocycles. The van der Waals surface area contributed by atoms with Crippen molar-refractivity contribution in [3.8, 4) is 0 Å². The van der Waals surface area contributed by atoms with Crippen molar-refractivity contribution in [3.05, 3.63) is 6.92 Å². The molecule has 2 fully saturated rings. The first-order valence-electron chi connectivity index (χ1n) is 3.87. The van der Waals surface area contributed by atoms with Crippen molar-refractivity contribution in [2.24, 2.45) is 23.5 Å². The Labute approximate surface area is 88.0 Å². The summed E-state index contributed by atoms with van der Waals surface area (Å²) in [5.41, 5.74) is 5.90. The molecule has 1 nitrogen and oxygen atoms in total. The van der Waals surface area contributed by atoms with E-state index in [9.17, 15) is 0 Å². The second-order valence-electron chi connectivity index (χ2n) is 3.57. The Hall–Kier alpha value is 1.06. The maximum atomic E-state index is 5.90. The van der Waals surface area contributed by atoms with Crippen LogP contribution in [0.5, 0.6) is 0 Å². The summed E-state index contributed by atoms with van der Waals surface area (Å²) in [6.45, 7) is 4.08. The summed E-state index contributed by atoms with van der Waals surface area (Å²) in [5.74, 6) is 2.28. The van der Waals surface area contributed by atoms with Crippen molar-refractivity contribution in [1.82, 2.24) is 0 Å². The van der Waals surface area contributed by atoms with Gasteiger partial charge in [0.25, 0.3) is 0 Å². The van der Waals surface area contributed by atoms with E-state index in [0.717, 1.165) is 11.8 Å². The fraction of sp³-hybridized carbons (Fsp3) is 0.875. The molecule has 0 heterocycles. The average molecular weight is 213 g/mol. The number of rotatable bonds is 0. The Kier molecular flexibility index (Phi) is 2.93. The fourth-order valence-electron chi connectivity index (χ4n) is 2.46. The molecule has 1 radical (unpaired) electrons. The van der Waals surface area contributed by atoms with Gasteiger partial charge in [-0.2, -0.15) is 5.92 Å². The molecular weight excluding hydrogens is 199 g/mol. The van der Waals surface area contributed by atoms with Crippen LogP contribution in [0, 0.1) is 24.7 Å². The van der Waals surface area contributed by atoms with Gasteiger partial charge in [-0.15, -0.1) is 0 Å². The molecule has 0 spiro atoms. The summed E-state index contributed by atoms with van der Waals surface area (Å²) in [6, 6.07) is 0.434. The Morgan fingerprint density at radius 1 is 1.20 bits per heavy atom. The number of fused-ring (bicyclic) bond motifs is 2. The first kappa shape index (κ1) is 9.15. The molecule has 2 heteroatoms. The molecule has 0 saturated heterocycles. The zero-order valence-electron chi connectivity index (χ0n) is 6.29. The summed E-state index contributed by atoms with van der Waals surface area (Å²) >= 11 is 0. The van der Waals surface area contributed by atoms with E-state index in [1.54, 1.807) is 0 Å².